The number of hydrogen-bond donors (Lipinski definition) is 2. The number of amides is 1. The lowest BCUT2D eigenvalue weighted by molar-refractivity contribution is -0.116. The van der Waals surface area contributed by atoms with Gasteiger partial charge in [0.05, 0.1) is 23.5 Å². The number of carbonyl (C=O) groups is 1. The van der Waals surface area contributed by atoms with Gasteiger partial charge in [0.15, 0.2) is 5.11 Å². The van der Waals surface area contributed by atoms with Crippen LogP contribution in [0.3, 0.4) is 0 Å². The Balaban J connectivity index is 1.44. The minimum absolute atomic E-state index is 0.139. The molecule has 0 aliphatic carbocycles. The van der Waals surface area contributed by atoms with Crippen LogP contribution in [0.15, 0.2) is 91.3 Å². The number of thiocarbonyl (C=S) groups is 1. The molecule has 1 aliphatic heterocycles. The molecule has 38 heavy (non-hydrogen) atoms. The van der Waals surface area contributed by atoms with Gasteiger partial charge in [0.2, 0.25) is 5.91 Å². The SMILES string of the molecule is CN(C)c1ccc(-n2cccc2[C@H]2[C@H](c3ccccn3)NC(=S)N2CCC(=O)Nc2ccccc2F)cc1. The first-order valence-corrected chi connectivity index (χ1v) is 12.8. The molecular weight excluding hydrogens is 499 g/mol. The average Bonchev–Trinajstić information content (AvgIpc) is 3.53. The summed E-state index contributed by atoms with van der Waals surface area (Å²) in [6, 6.07) is 23.9. The van der Waals surface area contributed by atoms with E-state index in [1.807, 2.05) is 49.5 Å². The summed E-state index contributed by atoms with van der Waals surface area (Å²) in [6.45, 7) is 0.352. The van der Waals surface area contributed by atoms with Crippen LogP contribution in [0.2, 0.25) is 0 Å². The van der Waals surface area contributed by atoms with E-state index in [9.17, 15) is 9.18 Å². The fourth-order valence-electron chi connectivity index (χ4n) is 4.75. The summed E-state index contributed by atoms with van der Waals surface area (Å²) in [5, 5.41) is 6.64. The van der Waals surface area contributed by atoms with E-state index in [1.54, 1.807) is 24.4 Å². The Morgan fingerprint density at radius 2 is 1.82 bits per heavy atom. The maximum atomic E-state index is 14.0. The predicted octanol–water partition coefficient (Wildman–Crippen LogP) is 5.08. The lowest BCUT2D eigenvalue weighted by atomic mass is 10.0. The Morgan fingerprint density at radius 1 is 1.05 bits per heavy atom. The van der Waals surface area contributed by atoms with E-state index in [2.05, 4.69) is 55.4 Å². The lowest BCUT2D eigenvalue weighted by Crippen LogP contribution is -2.33. The van der Waals surface area contributed by atoms with Gasteiger partial charge in [-0.3, -0.25) is 9.78 Å². The number of aromatic nitrogens is 2. The van der Waals surface area contributed by atoms with Gasteiger partial charge in [-0.25, -0.2) is 4.39 Å². The fourth-order valence-corrected chi connectivity index (χ4v) is 5.08. The number of nitrogens with zero attached hydrogens (tertiary/aromatic N) is 4. The summed E-state index contributed by atoms with van der Waals surface area (Å²) >= 11 is 5.76. The lowest BCUT2D eigenvalue weighted by Gasteiger charge is -2.29. The Kier molecular flexibility index (Phi) is 7.37. The molecule has 9 heteroatoms. The number of hydrogen-bond acceptors (Lipinski definition) is 4. The second-order valence-corrected chi connectivity index (χ2v) is 9.70. The van der Waals surface area contributed by atoms with Gasteiger partial charge >= 0.3 is 0 Å². The van der Waals surface area contributed by atoms with Crippen molar-refractivity contribution in [2.24, 2.45) is 0 Å². The number of benzene rings is 2. The van der Waals surface area contributed by atoms with Gasteiger partial charge in [-0.1, -0.05) is 18.2 Å². The minimum Gasteiger partial charge on any atom is -0.378 e. The van der Waals surface area contributed by atoms with Crippen LogP contribution in [-0.2, 0) is 4.79 Å². The van der Waals surface area contributed by atoms with Crippen molar-refractivity contribution in [2.75, 3.05) is 30.9 Å². The molecular formula is C29H29FN6OS. The fraction of sp³-hybridized carbons (Fsp3) is 0.207. The van der Waals surface area contributed by atoms with Gasteiger partial charge in [-0.2, -0.15) is 0 Å². The number of anilines is 2. The van der Waals surface area contributed by atoms with E-state index in [1.165, 1.54) is 6.07 Å². The Morgan fingerprint density at radius 3 is 2.53 bits per heavy atom. The summed E-state index contributed by atoms with van der Waals surface area (Å²) in [4.78, 5) is 21.4. The number of pyridine rings is 1. The van der Waals surface area contributed by atoms with Crippen LogP contribution in [0.4, 0.5) is 15.8 Å². The maximum Gasteiger partial charge on any atom is 0.226 e. The minimum atomic E-state index is -0.467. The second kappa shape index (κ2) is 11.0. The number of rotatable bonds is 8. The van der Waals surface area contributed by atoms with Crippen molar-refractivity contribution >= 4 is 34.6 Å². The van der Waals surface area contributed by atoms with Crippen LogP contribution < -0.4 is 15.5 Å². The molecule has 0 bridgehead atoms. The number of carbonyl (C=O) groups excluding carboxylic acids is 1. The zero-order valence-corrected chi connectivity index (χ0v) is 22.0. The van der Waals surface area contributed by atoms with Crippen LogP contribution in [0, 0.1) is 5.82 Å². The van der Waals surface area contributed by atoms with E-state index in [4.69, 9.17) is 12.2 Å². The van der Waals surface area contributed by atoms with Crippen molar-refractivity contribution in [2.45, 2.75) is 18.5 Å². The standard InChI is InChI=1S/C29H29FN6OS/c1-34(2)20-12-14-21(15-13-20)35-18-7-11-25(35)28-27(24-10-5-6-17-31-24)33-29(38)36(28)19-16-26(37)32-23-9-4-3-8-22(23)30/h3-15,17-18,27-28H,16,19H2,1-2H3,(H,32,37)(H,33,38)/t27-,28-/m0/s1. The molecule has 0 unspecified atom stereocenters. The molecule has 2 atom stereocenters. The first-order chi connectivity index (χ1) is 18.4. The molecule has 1 saturated heterocycles. The first kappa shape index (κ1) is 25.4. The van der Waals surface area contributed by atoms with Crippen molar-refractivity contribution in [3.63, 3.8) is 0 Å². The topological polar surface area (TPSA) is 65.4 Å². The third-order valence-corrected chi connectivity index (χ3v) is 7.01. The Hall–Kier alpha value is -4.24. The van der Waals surface area contributed by atoms with E-state index < -0.39 is 5.82 Å². The van der Waals surface area contributed by atoms with Gasteiger partial charge in [-0.15, -0.1) is 0 Å². The van der Waals surface area contributed by atoms with Crippen LogP contribution in [-0.4, -0.2) is 46.1 Å². The summed E-state index contributed by atoms with van der Waals surface area (Å²) in [5.74, 6) is -0.752. The summed E-state index contributed by atoms with van der Waals surface area (Å²) in [6.07, 6.45) is 3.93. The van der Waals surface area contributed by atoms with E-state index in [-0.39, 0.29) is 30.1 Å². The van der Waals surface area contributed by atoms with Crippen LogP contribution in [0.25, 0.3) is 5.69 Å². The highest BCUT2D eigenvalue weighted by Gasteiger charge is 2.41. The van der Waals surface area contributed by atoms with E-state index in [0.29, 0.717) is 11.7 Å². The molecule has 2 aromatic heterocycles. The summed E-state index contributed by atoms with van der Waals surface area (Å²) < 4.78 is 16.2. The van der Waals surface area contributed by atoms with E-state index >= 15 is 0 Å². The van der Waals surface area contributed by atoms with Crippen molar-refractivity contribution in [1.82, 2.24) is 19.8 Å². The van der Waals surface area contributed by atoms with E-state index in [0.717, 1.165) is 22.8 Å². The zero-order chi connectivity index (χ0) is 26.6. The third-order valence-electron chi connectivity index (χ3n) is 6.65. The predicted molar refractivity (Wildman–Crippen MR) is 152 cm³/mol. The number of nitrogens with one attached hydrogen (secondary N) is 2. The van der Waals surface area contributed by atoms with Crippen LogP contribution in [0.5, 0.6) is 0 Å². The molecule has 2 aromatic carbocycles. The largest absolute Gasteiger partial charge is 0.378 e. The first-order valence-electron chi connectivity index (χ1n) is 12.4. The highest BCUT2D eigenvalue weighted by atomic mass is 32.1. The smallest absolute Gasteiger partial charge is 0.226 e. The van der Waals surface area contributed by atoms with Gasteiger partial charge in [0.1, 0.15) is 5.82 Å². The quantitative estimate of drug-likeness (QED) is 0.311. The van der Waals surface area contributed by atoms with Gasteiger partial charge in [0, 0.05) is 56.5 Å². The monoisotopic (exact) mass is 528 g/mol. The molecule has 0 spiro atoms. The van der Waals surface area contributed by atoms with Gasteiger partial charge in [0.25, 0.3) is 0 Å². The molecule has 1 aliphatic rings. The normalized spacial score (nSPS) is 16.8. The molecule has 1 amide bonds. The van der Waals surface area contributed by atoms with Gasteiger partial charge in [-0.05, 0) is 72.9 Å². The van der Waals surface area contributed by atoms with Crippen molar-refractivity contribution < 1.29 is 9.18 Å². The van der Waals surface area contributed by atoms with Crippen molar-refractivity contribution in [3.8, 4) is 5.69 Å². The molecule has 2 N–H and O–H groups in total. The molecule has 1 fully saturated rings. The maximum absolute atomic E-state index is 14.0. The van der Waals surface area contributed by atoms with Crippen molar-refractivity contribution in [1.29, 1.82) is 0 Å². The van der Waals surface area contributed by atoms with Crippen molar-refractivity contribution in [3.05, 3.63) is 108 Å². The molecule has 5 rings (SSSR count). The Labute approximate surface area is 226 Å². The molecule has 3 heterocycles. The molecule has 4 aromatic rings. The third kappa shape index (κ3) is 5.24. The Bertz CT molecular complexity index is 1420. The summed E-state index contributed by atoms with van der Waals surface area (Å²) in [7, 11) is 4.03. The summed E-state index contributed by atoms with van der Waals surface area (Å²) in [5.41, 5.74) is 4.16. The highest BCUT2D eigenvalue weighted by molar-refractivity contribution is 7.80. The highest BCUT2D eigenvalue weighted by Crippen LogP contribution is 2.39. The van der Waals surface area contributed by atoms with Crippen LogP contribution in [0.1, 0.15) is 29.9 Å². The zero-order valence-electron chi connectivity index (χ0n) is 21.2. The average molecular weight is 529 g/mol. The molecule has 0 saturated carbocycles. The molecule has 0 radical (unpaired) electrons. The molecule has 194 valence electrons. The number of para-hydroxylation sites is 1. The molecule has 7 nitrogen and oxygen atoms in total. The van der Waals surface area contributed by atoms with Crippen LogP contribution >= 0.6 is 12.2 Å². The second-order valence-electron chi connectivity index (χ2n) is 9.31. The van der Waals surface area contributed by atoms with Gasteiger partial charge < -0.3 is 25.0 Å². The number of halogens is 1.